The summed E-state index contributed by atoms with van der Waals surface area (Å²) >= 11 is 0. The van der Waals surface area contributed by atoms with Gasteiger partial charge in [0, 0.05) is 11.6 Å². The number of hydrogen-bond donors (Lipinski definition) is 1. The minimum absolute atomic E-state index is 0.351. The van der Waals surface area contributed by atoms with Crippen molar-refractivity contribution >= 4 is 5.97 Å². The van der Waals surface area contributed by atoms with Crippen LogP contribution in [0.2, 0.25) is 0 Å². The summed E-state index contributed by atoms with van der Waals surface area (Å²) in [5.41, 5.74) is 2.15. The van der Waals surface area contributed by atoms with Gasteiger partial charge in [-0.25, -0.2) is 4.79 Å². The second kappa shape index (κ2) is 4.64. The van der Waals surface area contributed by atoms with Gasteiger partial charge in [-0.05, 0) is 31.4 Å². The number of aromatic nitrogens is 1. The highest BCUT2D eigenvalue weighted by Crippen LogP contribution is 2.33. The van der Waals surface area contributed by atoms with E-state index in [1.165, 1.54) is 25.7 Å². The van der Waals surface area contributed by atoms with E-state index in [1.807, 2.05) is 13.0 Å². The minimum atomic E-state index is -0.873. The second-order valence-corrected chi connectivity index (χ2v) is 4.37. The predicted octanol–water partition coefficient (Wildman–Crippen LogP) is 3.00. The van der Waals surface area contributed by atoms with Crippen molar-refractivity contribution in [3.63, 3.8) is 0 Å². The van der Waals surface area contributed by atoms with E-state index >= 15 is 0 Å². The van der Waals surface area contributed by atoms with Gasteiger partial charge in [0.25, 0.3) is 0 Å². The van der Waals surface area contributed by atoms with E-state index < -0.39 is 5.97 Å². The Morgan fingerprint density at radius 1 is 1.44 bits per heavy atom. The summed E-state index contributed by atoms with van der Waals surface area (Å²) in [6, 6.07) is 3.60. The average Bonchev–Trinajstić information content (AvgIpc) is 2.81. The molecule has 0 radical (unpaired) electrons. The topological polar surface area (TPSA) is 50.2 Å². The fourth-order valence-electron chi connectivity index (χ4n) is 2.43. The molecule has 3 nitrogen and oxygen atoms in total. The first-order valence-corrected chi connectivity index (χ1v) is 5.95. The van der Waals surface area contributed by atoms with Crippen LogP contribution in [0.4, 0.5) is 0 Å². The average molecular weight is 219 g/mol. The lowest BCUT2D eigenvalue weighted by Crippen LogP contribution is -2.07. The molecular formula is C13H17NO2. The normalized spacial score (nSPS) is 16.6. The van der Waals surface area contributed by atoms with Crippen molar-refractivity contribution in [1.82, 2.24) is 4.98 Å². The molecular weight excluding hydrogens is 202 g/mol. The van der Waals surface area contributed by atoms with Gasteiger partial charge in [0.1, 0.15) is 0 Å². The molecule has 0 saturated heterocycles. The summed E-state index contributed by atoms with van der Waals surface area (Å²) in [7, 11) is 0. The van der Waals surface area contributed by atoms with E-state index in [0.717, 1.165) is 11.4 Å². The molecule has 0 spiro atoms. The summed E-state index contributed by atoms with van der Waals surface area (Å²) in [6.45, 7) is 1.95. The van der Waals surface area contributed by atoms with Gasteiger partial charge < -0.3 is 5.11 Å². The highest BCUT2D eigenvalue weighted by Gasteiger charge is 2.20. The zero-order valence-corrected chi connectivity index (χ0v) is 9.57. The standard InChI is InChI=1S/C13H17NO2/c1-2-11-10(13(15)16)7-8-12(14-11)9-5-3-4-6-9/h7-9H,2-6H2,1H3,(H,15,16). The fraction of sp³-hybridized carbons (Fsp3) is 0.538. The van der Waals surface area contributed by atoms with Crippen LogP contribution >= 0.6 is 0 Å². The number of carboxylic acid groups (broad SMARTS) is 1. The maximum atomic E-state index is 11.0. The van der Waals surface area contributed by atoms with Crippen molar-refractivity contribution in [1.29, 1.82) is 0 Å². The Kier molecular flexibility index (Phi) is 3.22. The number of carboxylic acids is 1. The van der Waals surface area contributed by atoms with Crippen molar-refractivity contribution in [3.05, 3.63) is 29.1 Å². The maximum absolute atomic E-state index is 11.0. The first-order chi connectivity index (χ1) is 7.72. The van der Waals surface area contributed by atoms with E-state index in [1.54, 1.807) is 6.07 Å². The van der Waals surface area contributed by atoms with Gasteiger partial charge in [-0.3, -0.25) is 4.98 Å². The van der Waals surface area contributed by atoms with Gasteiger partial charge in [0.15, 0.2) is 0 Å². The molecule has 1 aliphatic rings. The summed E-state index contributed by atoms with van der Waals surface area (Å²) in [5, 5.41) is 9.01. The van der Waals surface area contributed by atoms with E-state index in [2.05, 4.69) is 4.98 Å². The third-order valence-electron chi connectivity index (χ3n) is 3.33. The number of rotatable bonds is 3. The van der Waals surface area contributed by atoms with E-state index in [4.69, 9.17) is 5.11 Å². The third kappa shape index (κ3) is 2.08. The van der Waals surface area contributed by atoms with Crippen molar-refractivity contribution in [2.24, 2.45) is 0 Å². The van der Waals surface area contributed by atoms with Crippen molar-refractivity contribution < 1.29 is 9.90 Å². The lowest BCUT2D eigenvalue weighted by atomic mass is 10.0. The Morgan fingerprint density at radius 2 is 2.12 bits per heavy atom. The first-order valence-electron chi connectivity index (χ1n) is 5.95. The zero-order valence-electron chi connectivity index (χ0n) is 9.57. The molecule has 1 aromatic heterocycles. The Bertz CT molecular complexity index is 395. The molecule has 1 aliphatic carbocycles. The number of nitrogens with zero attached hydrogens (tertiary/aromatic N) is 1. The molecule has 1 heterocycles. The maximum Gasteiger partial charge on any atom is 0.337 e. The molecule has 0 unspecified atom stereocenters. The molecule has 16 heavy (non-hydrogen) atoms. The second-order valence-electron chi connectivity index (χ2n) is 4.37. The Morgan fingerprint density at radius 3 is 2.69 bits per heavy atom. The molecule has 0 bridgehead atoms. The molecule has 0 amide bonds. The van der Waals surface area contributed by atoms with E-state index in [-0.39, 0.29) is 0 Å². The number of aryl methyl sites for hydroxylation is 1. The Labute approximate surface area is 95.5 Å². The summed E-state index contributed by atoms with van der Waals surface area (Å²) in [5.74, 6) is -0.324. The predicted molar refractivity (Wildman–Crippen MR) is 61.8 cm³/mol. The smallest absolute Gasteiger partial charge is 0.337 e. The lowest BCUT2D eigenvalue weighted by molar-refractivity contribution is 0.0695. The molecule has 0 aliphatic heterocycles. The van der Waals surface area contributed by atoms with Crippen molar-refractivity contribution in [2.45, 2.75) is 44.9 Å². The van der Waals surface area contributed by atoms with Crippen molar-refractivity contribution in [2.75, 3.05) is 0 Å². The molecule has 3 heteroatoms. The van der Waals surface area contributed by atoms with Crippen LogP contribution in [0.3, 0.4) is 0 Å². The highest BCUT2D eigenvalue weighted by molar-refractivity contribution is 5.88. The number of carbonyl (C=O) groups is 1. The monoisotopic (exact) mass is 219 g/mol. The molecule has 1 aromatic rings. The van der Waals surface area contributed by atoms with E-state index in [0.29, 0.717) is 17.9 Å². The van der Waals surface area contributed by atoms with Gasteiger partial charge >= 0.3 is 5.97 Å². The van der Waals surface area contributed by atoms with Crippen LogP contribution in [0.5, 0.6) is 0 Å². The first kappa shape index (κ1) is 11.1. The van der Waals surface area contributed by atoms with Gasteiger partial charge in [-0.2, -0.15) is 0 Å². The quantitative estimate of drug-likeness (QED) is 0.850. The van der Waals surface area contributed by atoms with Gasteiger partial charge in [0.2, 0.25) is 0 Å². The molecule has 1 fully saturated rings. The van der Waals surface area contributed by atoms with E-state index in [9.17, 15) is 4.79 Å². The SMILES string of the molecule is CCc1nc(C2CCCC2)ccc1C(=O)O. The van der Waals surface area contributed by atoms with Crippen LogP contribution < -0.4 is 0 Å². The zero-order chi connectivity index (χ0) is 11.5. The lowest BCUT2D eigenvalue weighted by Gasteiger charge is -2.11. The highest BCUT2D eigenvalue weighted by atomic mass is 16.4. The van der Waals surface area contributed by atoms with Crippen LogP contribution in [-0.2, 0) is 6.42 Å². The summed E-state index contributed by atoms with van der Waals surface area (Å²) in [4.78, 5) is 15.5. The van der Waals surface area contributed by atoms with Crippen LogP contribution in [0.1, 0.15) is 60.3 Å². The Balaban J connectivity index is 2.32. The van der Waals surface area contributed by atoms with Crippen LogP contribution in [-0.4, -0.2) is 16.1 Å². The molecule has 86 valence electrons. The molecule has 2 rings (SSSR count). The number of aromatic carboxylic acids is 1. The number of pyridine rings is 1. The third-order valence-corrected chi connectivity index (χ3v) is 3.33. The molecule has 0 aromatic carbocycles. The van der Waals surface area contributed by atoms with Crippen LogP contribution in [0.15, 0.2) is 12.1 Å². The van der Waals surface area contributed by atoms with Gasteiger partial charge in [-0.1, -0.05) is 19.8 Å². The van der Waals surface area contributed by atoms with Crippen LogP contribution in [0, 0.1) is 0 Å². The Hall–Kier alpha value is -1.38. The van der Waals surface area contributed by atoms with Crippen LogP contribution in [0.25, 0.3) is 0 Å². The minimum Gasteiger partial charge on any atom is -0.478 e. The molecule has 1 N–H and O–H groups in total. The van der Waals surface area contributed by atoms with Gasteiger partial charge in [0.05, 0.1) is 11.3 Å². The largest absolute Gasteiger partial charge is 0.478 e. The summed E-state index contributed by atoms with van der Waals surface area (Å²) in [6.07, 6.45) is 5.62. The van der Waals surface area contributed by atoms with Crippen molar-refractivity contribution in [3.8, 4) is 0 Å². The summed E-state index contributed by atoms with van der Waals surface area (Å²) < 4.78 is 0. The number of hydrogen-bond acceptors (Lipinski definition) is 2. The van der Waals surface area contributed by atoms with Gasteiger partial charge in [-0.15, -0.1) is 0 Å². The molecule has 0 atom stereocenters. The molecule has 1 saturated carbocycles. The fourth-order valence-corrected chi connectivity index (χ4v) is 2.43.